The summed E-state index contributed by atoms with van der Waals surface area (Å²) in [4.78, 5) is 4.87. The summed E-state index contributed by atoms with van der Waals surface area (Å²) in [6.07, 6.45) is 16.8. The van der Waals surface area contributed by atoms with Crippen LogP contribution in [0.1, 0.15) is 142 Å². The fourth-order valence-electron chi connectivity index (χ4n) is 15.7. The SMILES string of the molecule is CCCCCCc1cc(-c2ccc(N(c3ccc(-c4ccc(CCC)cc4)cc3)c3ccc(-c4ccc(-c5cc(C)cc(-c6ccc7c(c6)OS(=O)CC7)c5)cc4)cc3)cc2C)c(CCCCCC)cc1-c1ccc(N(c2ccc(-c3ccc(C)cc3)cc2)c2ccc(-c3ccc(CCC)cc3)cc2)cc1C. The molecule has 0 saturated heterocycles. The molecule has 5 heteroatoms. The Labute approximate surface area is 640 Å². The summed E-state index contributed by atoms with van der Waals surface area (Å²) in [5.74, 6) is 1.26. The third-order valence-electron chi connectivity index (χ3n) is 21.7. The second-order valence-corrected chi connectivity index (χ2v) is 30.9. The van der Waals surface area contributed by atoms with Gasteiger partial charge in [-0.1, -0.05) is 279 Å². The average molecular weight is 1420 g/mol. The summed E-state index contributed by atoms with van der Waals surface area (Å²) in [7, 11) is 0. The van der Waals surface area contributed by atoms with Crippen molar-refractivity contribution in [2.45, 2.75) is 152 Å². The molecule has 0 N–H and O–H groups in total. The van der Waals surface area contributed by atoms with E-state index in [4.69, 9.17) is 4.18 Å². The van der Waals surface area contributed by atoms with Crippen LogP contribution in [0.4, 0.5) is 34.1 Å². The Hall–Kier alpha value is -10.6. The highest BCUT2D eigenvalue weighted by atomic mass is 32.2. The zero-order valence-corrected chi connectivity index (χ0v) is 64.8. The molecule has 0 saturated carbocycles. The molecule has 13 aromatic carbocycles. The molecule has 1 aliphatic heterocycles. The highest BCUT2D eigenvalue weighted by Crippen LogP contribution is 2.45. The van der Waals surface area contributed by atoms with Crippen LogP contribution >= 0.6 is 0 Å². The van der Waals surface area contributed by atoms with Gasteiger partial charge in [0.25, 0.3) is 0 Å². The molecule has 0 radical (unpaired) electrons. The zero-order valence-electron chi connectivity index (χ0n) is 64.0. The first-order valence-electron chi connectivity index (χ1n) is 39.4. The zero-order chi connectivity index (χ0) is 73.8. The lowest BCUT2D eigenvalue weighted by Crippen LogP contribution is -2.14. The van der Waals surface area contributed by atoms with Crippen LogP contribution in [0.2, 0.25) is 0 Å². The number of unbranched alkanes of at least 4 members (excludes halogenated alkanes) is 6. The maximum atomic E-state index is 12.3. The van der Waals surface area contributed by atoms with E-state index in [1.807, 2.05) is 6.07 Å². The lowest BCUT2D eigenvalue weighted by molar-refractivity contribution is 0.545. The van der Waals surface area contributed by atoms with Crippen molar-refractivity contribution in [3.05, 3.63) is 329 Å². The van der Waals surface area contributed by atoms with Crippen molar-refractivity contribution < 1.29 is 8.39 Å². The van der Waals surface area contributed by atoms with Gasteiger partial charge in [0.15, 0.2) is 0 Å². The van der Waals surface area contributed by atoms with E-state index in [2.05, 4.69) is 338 Å². The Morgan fingerprint density at radius 2 is 0.636 bits per heavy atom. The number of benzene rings is 13. The van der Waals surface area contributed by atoms with Crippen molar-refractivity contribution in [1.29, 1.82) is 0 Å². The third-order valence-corrected chi connectivity index (χ3v) is 22.6. The summed E-state index contributed by atoms with van der Waals surface area (Å²) < 4.78 is 18.1. The molecule has 0 amide bonds. The van der Waals surface area contributed by atoms with Gasteiger partial charge in [0, 0.05) is 34.1 Å². The van der Waals surface area contributed by atoms with Crippen LogP contribution in [-0.2, 0) is 43.2 Å². The molecule has 13 aromatic rings. The second-order valence-electron chi connectivity index (χ2n) is 29.7. The topological polar surface area (TPSA) is 32.8 Å². The van der Waals surface area contributed by atoms with E-state index < -0.39 is 11.1 Å². The van der Waals surface area contributed by atoms with Crippen molar-refractivity contribution in [2.24, 2.45) is 0 Å². The molecule has 538 valence electrons. The van der Waals surface area contributed by atoms with Gasteiger partial charge < -0.3 is 14.0 Å². The third kappa shape index (κ3) is 17.3. The van der Waals surface area contributed by atoms with E-state index >= 15 is 0 Å². The van der Waals surface area contributed by atoms with Crippen molar-refractivity contribution in [1.82, 2.24) is 0 Å². The first-order valence-corrected chi connectivity index (χ1v) is 40.7. The van der Waals surface area contributed by atoms with Gasteiger partial charge >= 0.3 is 0 Å². The van der Waals surface area contributed by atoms with E-state index in [1.165, 1.54) is 139 Å². The number of hydrogen-bond acceptors (Lipinski definition) is 4. The quantitative estimate of drug-likeness (QED) is 0.0458. The minimum Gasteiger partial charge on any atom is -0.400 e. The predicted octanol–water partition coefficient (Wildman–Crippen LogP) is 28.9. The lowest BCUT2D eigenvalue weighted by atomic mass is 9.84. The molecule has 14 rings (SSSR count). The van der Waals surface area contributed by atoms with E-state index in [9.17, 15) is 4.21 Å². The van der Waals surface area contributed by atoms with Gasteiger partial charge in [0.1, 0.15) is 5.75 Å². The summed E-state index contributed by atoms with van der Waals surface area (Å²) >= 11 is -1.29. The summed E-state index contributed by atoms with van der Waals surface area (Å²) in [6.45, 7) is 18.1. The molecular formula is C102H102N2O2S. The number of rotatable bonds is 28. The van der Waals surface area contributed by atoms with Crippen LogP contribution in [0, 0.1) is 27.7 Å². The van der Waals surface area contributed by atoms with Crippen molar-refractivity contribution in [2.75, 3.05) is 15.6 Å². The normalized spacial score (nSPS) is 12.6. The maximum Gasteiger partial charge on any atom is 0.206 e. The van der Waals surface area contributed by atoms with Crippen LogP contribution < -0.4 is 14.0 Å². The standard InChI is InChI=1S/C102H102N2O2S/c1-9-13-15-17-21-88-69-101(89(22-18-16-14-10-2)68-100(88)98-59-57-96(65-73(98)7)103(92-49-41-81(42-50-92)77-29-23-71(5)24-30-77)93-51-43-82(44-52-93)78-31-25-75(19-11-3)26-32-78)99-60-58-97(66-74(99)8)104(94-53-45-83(46-54-94)79-33-27-76(20-12-4)28-34-79)95-55-47-84(48-56-95)80-35-37-85(38-36-80)90-63-72(6)64-91(67-90)87-40-39-86-61-62-107(105)106-102(86)70-87/h23-60,63-70H,9-22,61-62H2,1-8H3. The molecule has 1 unspecified atom stereocenters. The fourth-order valence-corrected chi connectivity index (χ4v) is 16.6. The van der Waals surface area contributed by atoms with Crippen LogP contribution in [0.5, 0.6) is 5.75 Å². The first kappa shape index (κ1) is 73.3. The maximum absolute atomic E-state index is 12.3. The second kappa shape index (κ2) is 34.3. The van der Waals surface area contributed by atoms with E-state index in [0.29, 0.717) is 5.75 Å². The highest BCUT2D eigenvalue weighted by molar-refractivity contribution is 7.80. The number of fused-ring (bicyclic) bond motifs is 1. The number of nitrogens with zero attached hydrogens (tertiary/aromatic N) is 2. The molecule has 0 bridgehead atoms. The van der Waals surface area contributed by atoms with E-state index in [1.54, 1.807) is 0 Å². The summed E-state index contributed by atoms with van der Waals surface area (Å²) in [5, 5.41) is 0. The van der Waals surface area contributed by atoms with Crippen molar-refractivity contribution in [3.8, 4) is 94.8 Å². The Bertz CT molecular complexity index is 5190. The van der Waals surface area contributed by atoms with Crippen molar-refractivity contribution in [3.63, 3.8) is 0 Å². The fraction of sp³-hybridized carbons (Fsp3) is 0.235. The van der Waals surface area contributed by atoms with Gasteiger partial charge in [-0.3, -0.25) is 0 Å². The average Bonchev–Trinajstić information content (AvgIpc) is 0.761. The Morgan fingerprint density at radius 3 is 1.02 bits per heavy atom. The van der Waals surface area contributed by atoms with Crippen LogP contribution in [0.15, 0.2) is 279 Å². The van der Waals surface area contributed by atoms with Gasteiger partial charge in [-0.05, 0) is 291 Å². The number of aryl methyl sites for hydroxylation is 9. The Balaban J connectivity index is 0.805. The lowest BCUT2D eigenvalue weighted by Gasteiger charge is -2.28. The number of hydrogen-bond donors (Lipinski definition) is 0. The minimum absolute atomic E-state index is 0.538. The molecule has 0 spiro atoms. The van der Waals surface area contributed by atoms with Gasteiger partial charge in [-0.25, -0.2) is 4.21 Å². The van der Waals surface area contributed by atoms with Gasteiger partial charge in [-0.15, -0.1) is 0 Å². The number of anilines is 6. The molecule has 1 aliphatic rings. The van der Waals surface area contributed by atoms with Crippen molar-refractivity contribution >= 4 is 45.2 Å². The van der Waals surface area contributed by atoms with E-state index in [0.717, 1.165) is 137 Å². The smallest absolute Gasteiger partial charge is 0.206 e. The highest BCUT2D eigenvalue weighted by Gasteiger charge is 2.23. The van der Waals surface area contributed by atoms with Gasteiger partial charge in [0.2, 0.25) is 11.1 Å². The Kier molecular flexibility index (Phi) is 23.5. The predicted molar refractivity (Wildman–Crippen MR) is 459 cm³/mol. The molecule has 0 fully saturated rings. The van der Waals surface area contributed by atoms with Crippen LogP contribution in [0.3, 0.4) is 0 Å². The molecule has 0 aromatic heterocycles. The molecule has 107 heavy (non-hydrogen) atoms. The first-order chi connectivity index (χ1) is 52.4. The summed E-state index contributed by atoms with van der Waals surface area (Å²) in [5.41, 5.74) is 37.8. The summed E-state index contributed by atoms with van der Waals surface area (Å²) in [6, 6.07) is 105. The molecule has 0 aliphatic carbocycles. The van der Waals surface area contributed by atoms with Gasteiger partial charge in [-0.2, -0.15) is 0 Å². The molecule has 1 heterocycles. The molecular weight excluding hydrogens is 1320 g/mol. The molecule has 1 atom stereocenters. The monoisotopic (exact) mass is 1420 g/mol. The van der Waals surface area contributed by atoms with Crippen LogP contribution in [0.25, 0.3) is 89.0 Å². The van der Waals surface area contributed by atoms with Crippen LogP contribution in [-0.4, -0.2) is 9.96 Å². The largest absolute Gasteiger partial charge is 0.400 e. The van der Waals surface area contributed by atoms with E-state index in [-0.39, 0.29) is 0 Å². The minimum atomic E-state index is -1.29. The Morgan fingerprint density at radius 1 is 0.290 bits per heavy atom. The van der Waals surface area contributed by atoms with Gasteiger partial charge in [0.05, 0.1) is 5.75 Å². The molecule has 4 nitrogen and oxygen atoms in total.